The summed E-state index contributed by atoms with van der Waals surface area (Å²) >= 11 is 0. The number of nitrogens with zero attached hydrogens (tertiary/aromatic N) is 2. The molecule has 2 aromatic carbocycles. The van der Waals surface area contributed by atoms with Gasteiger partial charge in [0.1, 0.15) is 17.5 Å². The highest BCUT2D eigenvalue weighted by Crippen LogP contribution is 2.27. The van der Waals surface area contributed by atoms with Crippen LogP contribution in [0.15, 0.2) is 53.5 Å². The Morgan fingerprint density at radius 3 is 2.00 bits per heavy atom. The van der Waals surface area contributed by atoms with Gasteiger partial charge in [-0.3, -0.25) is 15.1 Å². The zero-order valence-electron chi connectivity index (χ0n) is 14.6. The summed E-state index contributed by atoms with van der Waals surface area (Å²) in [6, 6.07) is 13.2. The lowest BCUT2D eigenvalue weighted by atomic mass is 9.98. The number of hydrogen-bond acceptors (Lipinski definition) is 5. The number of methoxy groups -OCH3 is 2. The predicted octanol–water partition coefficient (Wildman–Crippen LogP) is 3.92. The minimum absolute atomic E-state index is 0.264. The van der Waals surface area contributed by atoms with E-state index in [-0.39, 0.29) is 4.92 Å². The fourth-order valence-corrected chi connectivity index (χ4v) is 2.55. The topological polar surface area (TPSA) is 74.0 Å². The van der Waals surface area contributed by atoms with Crippen LogP contribution in [0.1, 0.15) is 30.5 Å². The summed E-state index contributed by atoms with van der Waals surface area (Å²) in [5, 5.41) is 11.5. The lowest BCUT2D eigenvalue weighted by molar-refractivity contribution is -0.527. The molecule has 0 radical (unpaired) electrons. The first-order chi connectivity index (χ1) is 12.1. The van der Waals surface area contributed by atoms with Gasteiger partial charge in [-0.2, -0.15) is 0 Å². The molecule has 0 N–H and O–H groups in total. The minimum atomic E-state index is -0.789. The lowest BCUT2D eigenvalue weighted by Crippen LogP contribution is -2.26. The Hall–Kier alpha value is -2.89. The molecule has 0 spiro atoms. The SMILES string of the molecule is CC[C@H]([C@@H](N=Cc1ccc(OC)cc1)c1ccc(OC)cc1)[N+](=O)[O-]. The van der Waals surface area contributed by atoms with Gasteiger partial charge in [0, 0.05) is 17.6 Å². The van der Waals surface area contributed by atoms with Gasteiger partial charge in [0.15, 0.2) is 0 Å². The lowest BCUT2D eigenvalue weighted by Gasteiger charge is -2.17. The standard InChI is InChI=1S/C19H22N2O4/c1-4-18(21(22)23)19(15-7-11-17(25-3)12-8-15)20-13-14-5-9-16(24-2)10-6-14/h5-13,18-19H,4H2,1-3H3/t18-,19+/m1/s1. The normalized spacial score (nSPS) is 13.4. The molecule has 132 valence electrons. The highest BCUT2D eigenvalue weighted by atomic mass is 16.6. The van der Waals surface area contributed by atoms with E-state index in [1.807, 2.05) is 36.4 Å². The summed E-state index contributed by atoms with van der Waals surface area (Å²) in [5.41, 5.74) is 1.65. The van der Waals surface area contributed by atoms with E-state index in [9.17, 15) is 10.1 Å². The van der Waals surface area contributed by atoms with Crippen LogP contribution < -0.4 is 9.47 Å². The van der Waals surface area contributed by atoms with Crippen molar-refractivity contribution in [1.82, 2.24) is 0 Å². The number of aliphatic imine (C=N–C) groups is 1. The molecule has 6 nitrogen and oxygen atoms in total. The van der Waals surface area contributed by atoms with Gasteiger partial charge in [0.05, 0.1) is 14.2 Å². The van der Waals surface area contributed by atoms with Crippen LogP contribution in [0.25, 0.3) is 0 Å². The molecule has 0 fully saturated rings. The van der Waals surface area contributed by atoms with Gasteiger partial charge >= 0.3 is 0 Å². The van der Waals surface area contributed by atoms with Crippen molar-refractivity contribution in [1.29, 1.82) is 0 Å². The van der Waals surface area contributed by atoms with Crippen molar-refractivity contribution in [3.8, 4) is 11.5 Å². The van der Waals surface area contributed by atoms with Crippen LogP contribution in [0.2, 0.25) is 0 Å². The highest BCUT2D eigenvalue weighted by Gasteiger charge is 2.30. The van der Waals surface area contributed by atoms with E-state index in [1.165, 1.54) is 0 Å². The third kappa shape index (κ3) is 4.79. The molecule has 0 aliphatic carbocycles. The number of benzene rings is 2. The van der Waals surface area contributed by atoms with E-state index in [0.717, 1.165) is 16.9 Å². The highest BCUT2D eigenvalue weighted by molar-refractivity contribution is 5.80. The van der Waals surface area contributed by atoms with E-state index in [4.69, 9.17) is 9.47 Å². The number of rotatable bonds is 8. The summed E-state index contributed by atoms with van der Waals surface area (Å²) in [6.07, 6.45) is 2.06. The first kappa shape index (κ1) is 18.4. The maximum Gasteiger partial charge on any atom is 0.238 e. The molecule has 2 rings (SSSR count). The second-order valence-electron chi connectivity index (χ2n) is 5.53. The van der Waals surface area contributed by atoms with E-state index in [2.05, 4.69) is 4.99 Å². The largest absolute Gasteiger partial charge is 0.497 e. The van der Waals surface area contributed by atoms with Crippen LogP contribution in [0.3, 0.4) is 0 Å². The second-order valence-corrected chi connectivity index (χ2v) is 5.53. The molecule has 0 amide bonds. The van der Waals surface area contributed by atoms with Gasteiger partial charge < -0.3 is 9.47 Å². The Bertz CT molecular complexity index is 711. The number of ether oxygens (including phenoxy) is 2. The van der Waals surface area contributed by atoms with Gasteiger partial charge in [-0.25, -0.2) is 0 Å². The van der Waals surface area contributed by atoms with Crippen molar-refractivity contribution in [2.24, 2.45) is 4.99 Å². The third-order valence-electron chi connectivity index (χ3n) is 4.01. The summed E-state index contributed by atoms with van der Waals surface area (Å²) in [6.45, 7) is 1.80. The molecule has 0 unspecified atom stereocenters. The Morgan fingerprint density at radius 2 is 1.56 bits per heavy atom. The molecule has 0 aliphatic heterocycles. The molecule has 2 atom stereocenters. The Labute approximate surface area is 147 Å². The number of nitro groups is 1. The molecule has 2 aromatic rings. The molecule has 0 heterocycles. The summed E-state index contributed by atoms with van der Waals surface area (Å²) in [4.78, 5) is 15.7. The maximum atomic E-state index is 11.5. The monoisotopic (exact) mass is 342 g/mol. The van der Waals surface area contributed by atoms with Gasteiger partial charge in [-0.1, -0.05) is 19.1 Å². The van der Waals surface area contributed by atoms with Crippen molar-refractivity contribution >= 4 is 6.21 Å². The average Bonchev–Trinajstić information content (AvgIpc) is 2.65. The first-order valence-electron chi connectivity index (χ1n) is 8.03. The number of hydrogen-bond donors (Lipinski definition) is 0. The van der Waals surface area contributed by atoms with E-state index in [1.54, 1.807) is 39.5 Å². The zero-order valence-corrected chi connectivity index (χ0v) is 14.6. The molecule has 25 heavy (non-hydrogen) atoms. The van der Waals surface area contributed by atoms with E-state index < -0.39 is 12.1 Å². The maximum absolute atomic E-state index is 11.5. The Morgan fingerprint density at radius 1 is 1.04 bits per heavy atom. The van der Waals surface area contributed by atoms with Gasteiger partial charge in [0.2, 0.25) is 6.04 Å². The van der Waals surface area contributed by atoms with Crippen molar-refractivity contribution in [3.05, 3.63) is 69.8 Å². The van der Waals surface area contributed by atoms with Gasteiger partial charge in [0.25, 0.3) is 0 Å². The average molecular weight is 342 g/mol. The molecular weight excluding hydrogens is 320 g/mol. The summed E-state index contributed by atoms with van der Waals surface area (Å²) in [7, 11) is 3.19. The smallest absolute Gasteiger partial charge is 0.238 e. The van der Waals surface area contributed by atoms with Gasteiger partial charge in [-0.05, 0) is 47.5 Å². The summed E-state index contributed by atoms with van der Waals surface area (Å²) in [5.74, 6) is 1.45. The van der Waals surface area contributed by atoms with Crippen LogP contribution in [-0.4, -0.2) is 31.4 Å². The van der Waals surface area contributed by atoms with Crippen molar-refractivity contribution in [3.63, 3.8) is 0 Å². The minimum Gasteiger partial charge on any atom is -0.497 e. The van der Waals surface area contributed by atoms with Crippen molar-refractivity contribution in [2.75, 3.05) is 14.2 Å². The fourth-order valence-electron chi connectivity index (χ4n) is 2.55. The van der Waals surface area contributed by atoms with Crippen LogP contribution in [-0.2, 0) is 0 Å². The molecule has 0 saturated heterocycles. The van der Waals surface area contributed by atoms with E-state index >= 15 is 0 Å². The van der Waals surface area contributed by atoms with Crippen LogP contribution >= 0.6 is 0 Å². The van der Waals surface area contributed by atoms with Crippen LogP contribution in [0.5, 0.6) is 11.5 Å². The fraction of sp³-hybridized carbons (Fsp3) is 0.316. The Kier molecular flexibility index (Phi) is 6.51. The van der Waals surface area contributed by atoms with Crippen molar-refractivity contribution in [2.45, 2.75) is 25.4 Å². The quantitative estimate of drug-likeness (QED) is 0.414. The molecule has 0 saturated carbocycles. The molecule has 0 bridgehead atoms. The summed E-state index contributed by atoms with van der Waals surface area (Å²) < 4.78 is 10.3. The first-order valence-corrected chi connectivity index (χ1v) is 8.03. The third-order valence-corrected chi connectivity index (χ3v) is 4.01. The van der Waals surface area contributed by atoms with Crippen molar-refractivity contribution < 1.29 is 14.4 Å². The zero-order chi connectivity index (χ0) is 18.2. The van der Waals surface area contributed by atoms with E-state index in [0.29, 0.717) is 12.2 Å². The Balaban J connectivity index is 2.32. The molecular formula is C19H22N2O4. The molecule has 6 heteroatoms. The van der Waals surface area contributed by atoms with Gasteiger partial charge in [-0.15, -0.1) is 0 Å². The molecule has 0 aromatic heterocycles. The van der Waals surface area contributed by atoms with Crippen LogP contribution in [0.4, 0.5) is 0 Å². The predicted molar refractivity (Wildman–Crippen MR) is 97.4 cm³/mol. The van der Waals surface area contributed by atoms with Crippen LogP contribution in [0, 0.1) is 10.1 Å². The molecule has 0 aliphatic rings. The second kappa shape index (κ2) is 8.82.